The molecule has 0 aliphatic heterocycles. The molecule has 2 aromatic carbocycles. The van der Waals surface area contributed by atoms with Gasteiger partial charge in [-0.05, 0) is 61.7 Å². The molecule has 3 nitrogen and oxygen atoms in total. The van der Waals surface area contributed by atoms with Gasteiger partial charge in [0.05, 0.1) is 5.02 Å². The number of halogens is 3. The summed E-state index contributed by atoms with van der Waals surface area (Å²) in [6.07, 6.45) is 0. The molecular formula is C14H11Br2ClN2O. The molecular weight excluding hydrogens is 407 g/mol. The molecule has 0 radical (unpaired) electrons. The number of amides is 1. The third kappa shape index (κ3) is 3.53. The fourth-order valence-electron chi connectivity index (χ4n) is 1.74. The van der Waals surface area contributed by atoms with Gasteiger partial charge in [-0.2, -0.15) is 0 Å². The summed E-state index contributed by atoms with van der Waals surface area (Å²) in [5.41, 5.74) is 6.98. The first kappa shape index (κ1) is 15.4. The summed E-state index contributed by atoms with van der Waals surface area (Å²) in [5.74, 6) is -0.473. The molecule has 20 heavy (non-hydrogen) atoms. The lowest BCUT2D eigenvalue weighted by Gasteiger charge is -2.18. The fourth-order valence-corrected chi connectivity index (χ4v) is 2.58. The summed E-state index contributed by atoms with van der Waals surface area (Å²) < 4.78 is 1.63. The van der Waals surface area contributed by atoms with Crippen molar-refractivity contribution >= 4 is 55.1 Å². The van der Waals surface area contributed by atoms with Gasteiger partial charge in [-0.3, -0.25) is 4.79 Å². The van der Waals surface area contributed by atoms with Crippen LogP contribution in [0.15, 0.2) is 51.4 Å². The molecule has 0 saturated heterocycles. The van der Waals surface area contributed by atoms with Crippen molar-refractivity contribution in [3.63, 3.8) is 0 Å². The lowest BCUT2D eigenvalue weighted by Crippen LogP contribution is -2.27. The third-order valence-electron chi connectivity index (χ3n) is 2.74. The van der Waals surface area contributed by atoms with Crippen molar-refractivity contribution in [3.8, 4) is 0 Å². The number of carbonyl (C=O) groups is 1. The van der Waals surface area contributed by atoms with E-state index in [2.05, 4.69) is 37.2 Å². The lowest BCUT2D eigenvalue weighted by atomic mass is 10.1. The van der Waals surface area contributed by atoms with Crippen molar-refractivity contribution in [1.29, 1.82) is 0 Å². The number of para-hydroxylation sites is 1. The molecule has 0 fully saturated rings. The molecule has 0 heterocycles. The number of nitrogens with one attached hydrogen (secondary N) is 1. The lowest BCUT2D eigenvalue weighted by molar-refractivity contribution is -0.118. The summed E-state index contributed by atoms with van der Waals surface area (Å²) in [4.78, 5) is 11.7. The summed E-state index contributed by atoms with van der Waals surface area (Å²) in [6, 6.07) is 12.2. The number of benzene rings is 2. The van der Waals surface area contributed by atoms with Crippen molar-refractivity contribution in [1.82, 2.24) is 0 Å². The van der Waals surface area contributed by atoms with E-state index in [0.717, 1.165) is 14.6 Å². The standard InChI is InChI=1S/C14H11Br2ClN2O/c15-9-6-5-8(7-11(9)17)13(14(18)20)19-12-4-2-1-3-10(12)16/h1-7,13,19H,(H2,18,20). The first-order chi connectivity index (χ1) is 9.49. The zero-order chi connectivity index (χ0) is 14.7. The topological polar surface area (TPSA) is 55.1 Å². The van der Waals surface area contributed by atoms with Crippen molar-refractivity contribution in [2.45, 2.75) is 6.04 Å². The van der Waals surface area contributed by atoms with Gasteiger partial charge in [0.15, 0.2) is 0 Å². The monoisotopic (exact) mass is 416 g/mol. The predicted molar refractivity (Wildman–Crippen MR) is 88.9 cm³/mol. The van der Waals surface area contributed by atoms with Crippen LogP contribution in [0.25, 0.3) is 0 Å². The van der Waals surface area contributed by atoms with Crippen molar-refractivity contribution < 1.29 is 4.79 Å². The van der Waals surface area contributed by atoms with Gasteiger partial charge >= 0.3 is 0 Å². The van der Waals surface area contributed by atoms with Crippen LogP contribution in [-0.2, 0) is 4.79 Å². The van der Waals surface area contributed by atoms with Crippen LogP contribution in [0.3, 0.4) is 0 Å². The quantitative estimate of drug-likeness (QED) is 0.768. The average Bonchev–Trinajstić information content (AvgIpc) is 2.41. The molecule has 1 atom stereocenters. The summed E-state index contributed by atoms with van der Waals surface area (Å²) >= 11 is 12.8. The highest BCUT2D eigenvalue weighted by molar-refractivity contribution is 9.11. The Bertz CT molecular complexity index is 649. The SMILES string of the molecule is NC(=O)C(Nc1ccccc1Br)c1ccc(Br)c(Cl)c1. The zero-order valence-corrected chi connectivity index (χ0v) is 14.2. The van der Waals surface area contributed by atoms with Crippen LogP contribution in [0.5, 0.6) is 0 Å². The highest BCUT2D eigenvalue weighted by Crippen LogP contribution is 2.30. The Kier molecular flexibility index (Phi) is 5.07. The van der Waals surface area contributed by atoms with Crippen LogP contribution in [0.2, 0.25) is 5.02 Å². The van der Waals surface area contributed by atoms with Crippen molar-refractivity contribution in [2.24, 2.45) is 5.73 Å². The third-order valence-corrected chi connectivity index (χ3v) is 4.66. The Hall–Kier alpha value is -1.04. The van der Waals surface area contributed by atoms with E-state index in [1.54, 1.807) is 18.2 Å². The highest BCUT2D eigenvalue weighted by atomic mass is 79.9. The molecule has 0 aliphatic carbocycles. The molecule has 6 heteroatoms. The van der Waals surface area contributed by atoms with Gasteiger partial charge in [-0.25, -0.2) is 0 Å². The molecule has 0 bridgehead atoms. The molecule has 104 valence electrons. The van der Waals surface area contributed by atoms with E-state index in [1.807, 2.05) is 24.3 Å². The first-order valence-corrected chi connectivity index (χ1v) is 7.71. The molecule has 1 unspecified atom stereocenters. The fraction of sp³-hybridized carbons (Fsp3) is 0.0714. The van der Waals surface area contributed by atoms with E-state index in [-0.39, 0.29) is 0 Å². The molecule has 0 aliphatic rings. The number of anilines is 1. The molecule has 2 rings (SSSR count). The van der Waals surface area contributed by atoms with Gasteiger partial charge in [-0.1, -0.05) is 29.8 Å². The van der Waals surface area contributed by atoms with E-state index in [1.165, 1.54) is 0 Å². The molecule has 0 saturated carbocycles. The van der Waals surface area contributed by atoms with Gasteiger partial charge in [0.2, 0.25) is 5.91 Å². The second-order valence-electron chi connectivity index (χ2n) is 4.13. The highest BCUT2D eigenvalue weighted by Gasteiger charge is 2.19. The summed E-state index contributed by atoms with van der Waals surface area (Å²) in [6.45, 7) is 0. The largest absolute Gasteiger partial charge is 0.369 e. The molecule has 2 aromatic rings. The normalized spacial score (nSPS) is 11.9. The van der Waals surface area contributed by atoms with Crippen LogP contribution < -0.4 is 11.1 Å². The molecule has 0 spiro atoms. The Labute approximate surface area is 138 Å². The molecule has 0 aromatic heterocycles. The maximum absolute atomic E-state index is 11.7. The zero-order valence-electron chi connectivity index (χ0n) is 10.2. The van der Waals surface area contributed by atoms with Gasteiger partial charge < -0.3 is 11.1 Å². The summed E-state index contributed by atoms with van der Waals surface area (Å²) in [7, 11) is 0. The van der Waals surface area contributed by atoms with Crippen LogP contribution in [0, 0.1) is 0 Å². The maximum Gasteiger partial charge on any atom is 0.244 e. The second kappa shape index (κ2) is 6.61. The smallest absolute Gasteiger partial charge is 0.244 e. The number of primary amides is 1. The van der Waals surface area contributed by atoms with E-state index >= 15 is 0 Å². The minimum Gasteiger partial charge on any atom is -0.369 e. The van der Waals surface area contributed by atoms with Gasteiger partial charge in [-0.15, -0.1) is 0 Å². The van der Waals surface area contributed by atoms with Crippen molar-refractivity contribution in [3.05, 3.63) is 62.0 Å². The first-order valence-electron chi connectivity index (χ1n) is 5.74. The van der Waals surface area contributed by atoms with Gasteiger partial charge in [0.25, 0.3) is 0 Å². The Morgan fingerprint density at radius 1 is 1.15 bits per heavy atom. The minimum absolute atomic E-state index is 0.473. The average molecular weight is 419 g/mol. The Morgan fingerprint density at radius 2 is 1.85 bits per heavy atom. The number of hydrogen-bond acceptors (Lipinski definition) is 2. The van der Waals surface area contributed by atoms with Crippen LogP contribution >= 0.6 is 43.5 Å². The number of nitrogens with two attached hydrogens (primary N) is 1. The van der Waals surface area contributed by atoms with E-state index in [9.17, 15) is 4.79 Å². The van der Waals surface area contributed by atoms with E-state index in [0.29, 0.717) is 10.6 Å². The number of hydrogen-bond donors (Lipinski definition) is 2. The minimum atomic E-state index is -0.653. The van der Waals surface area contributed by atoms with Crippen LogP contribution in [0.1, 0.15) is 11.6 Å². The molecule has 3 N–H and O–H groups in total. The predicted octanol–water partition coefficient (Wildman–Crippen LogP) is 4.50. The Morgan fingerprint density at radius 3 is 2.45 bits per heavy atom. The number of carbonyl (C=O) groups excluding carboxylic acids is 1. The maximum atomic E-state index is 11.7. The van der Waals surface area contributed by atoms with Crippen LogP contribution in [-0.4, -0.2) is 5.91 Å². The van der Waals surface area contributed by atoms with Crippen molar-refractivity contribution in [2.75, 3.05) is 5.32 Å². The van der Waals surface area contributed by atoms with E-state index < -0.39 is 11.9 Å². The van der Waals surface area contributed by atoms with Crippen LogP contribution in [0.4, 0.5) is 5.69 Å². The van der Waals surface area contributed by atoms with Gasteiger partial charge in [0, 0.05) is 14.6 Å². The number of rotatable bonds is 4. The molecule has 1 amide bonds. The summed E-state index contributed by atoms with van der Waals surface area (Å²) in [5, 5.41) is 3.64. The Balaban J connectivity index is 2.34. The van der Waals surface area contributed by atoms with E-state index in [4.69, 9.17) is 17.3 Å². The second-order valence-corrected chi connectivity index (χ2v) is 6.25. The van der Waals surface area contributed by atoms with Gasteiger partial charge in [0.1, 0.15) is 6.04 Å².